The first-order chi connectivity index (χ1) is 7.65. The van der Waals surface area contributed by atoms with Crippen LogP contribution >= 0.6 is 15.9 Å². The van der Waals surface area contributed by atoms with Gasteiger partial charge in [-0.15, -0.1) is 0 Å². The van der Waals surface area contributed by atoms with E-state index in [0.29, 0.717) is 0 Å². The van der Waals surface area contributed by atoms with Crippen molar-refractivity contribution < 1.29 is 0 Å². The van der Waals surface area contributed by atoms with Crippen LogP contribution in [0.25, 0.3) is 0 Å². The maximum Gasteiger partial charge on any atom is 0.0178 e. The van der Waals surface area contributed by atoms with Gasteiger partial charge < -0.3 is 5.32 Å². The Kier molecular flexibility index (Phi) is 4.04. The highest BCUT2D eigenvalue weighted by Gasteiger charge is 2.29. The second-order valence-corrected chi connectivity index (χ2v) is 6.14. The van der Waals surface area contributed by atoms with E-state index in [-0.39, 0.29) is 0 Å². The van der Waals surface area contributed by atoms with Crippen LogP contribution in [0.15, 0.2) is 28.7 Å². The molecule has 1 aromatic rings. The monoisotopic (exact) mass is 281 g/mol. The number of hydrogen-bond donors (Lipinski definition) is 1. The van der Waals surface area contributed by atoms with E-state index >= 15 is 0 Å². The third-order valence-electron chi connectivity index (χ3n) is 3.27. The summed E-state index contributed by atoms with van der Waals surface area (Å²) in [5.41, 5.74) is 1.48. The van der Waals surface area contributed by atoms with E-state index in [1.807, 2.05) is 0 Å². The van der Waals surface area contributed by atoms with Crippen LogP contribution in [-0.2, 0) is 0 Å². The third kappa shape index (κ3) is 3.08. The summed E-state index contributed by atoms with van der Waals surface area (Å²) in [6.07, 6.45) is 2.59. The average molecular weight is 282 g/mol. The highest BCUT2D eigenvalue weighted by molar-refractivity contribution is 9.10. The fourth-order valence-electron chi connectivity index (χ4n) is 2.22. The largest absolute Gasteiger partial charge is 0.314 e. The molecule has 0 saturated heterocycles. The number of rotatable bonds is 4. The predicted molar refractivity (Wildman–Crippen MR) is 72.7 cm³/mol. The van der Waals surface area contributed by atoms with Crippen molar-refractivity contribution in [2.75, 3.05) is 6.54 Å². The van der Waals surface area contributed by atoms with Crippen molar-refractivity contribution in [3.8, 4) is 0 Å². The molecule has 0 unspecified atom stereocenters. The minimum atomic E-state index is 0.742. The van der Waals surface area contributed by atoms with Gasteiger partial charge in [-0.05, 0) is 48.9 Å². The number of benzene rings is 1. The molecule has 1 aromatic carbocycles. The van der Waals surface area contributed by atoms with E-state index in [0.717, 1.165) is 24.4 Å². The van der Waals surface area contributed by atoms with Gasteiger partial charge in [-0.3, -0.25) is 0 Å². The molecule has 0 bridgehead atoms. The summed E-state index contributed by atoms with van der Waals surface area (Å²) < 4.78 is 1.20. The van der Waals surface area contributed by atoms with Gasteiger partial charge in [0.05, 0.1) is 0 Å². The molecule has 88 valence electrons. The first kappa shape index (κ1) is 12.1. The van der Waals surface area contributed by atoms with E-state index in [2.05, 4.69) is 59.4 Å². The highest BCUT2D eigenvalue weighted by atomic mass is 79.9. The number of halogens is 1. The first-order valence-electron chi connectivity index (χ1n) is 6.14. The zero-order valence-corrected chi connectivity index (χ0v) is 11.6. The van der Waals surface area contributed by atoms with Gasteiger partial charge in [0.1, 0.15) is 0 Å². The topological polar surface area (TPSA) is 12.0 Å². The normalized spacial score (nSPS) is 24.5. The van der Waals surface area contributed by atoms with Crippen LogP contribution in [0.1, 0.15) is 38.2 Å². The zero-order valence-electron chi connectivity index (χ0n) is 10.0. The van der Waals surface area contributed by atoms with Crippen molar-refractivity contribution in [3.63, 3.8) is 0 Å². The van der Waals surface area contributed by atoms with Crippen LogP contribution < -0.4 is 5.32 Å². The van der Waals surface area contributed by atoms with Crippen molar-refractivity contribution in [1.82, 2.24) is 5.32 Å². The molecule has 1 fully saturated rings. The van der Waals surface area contributed by atoms with Crippen LogP contribution in [0.2, 0.25) is 0 Å². The Balaban J connectivity index is 1.80. The van der Waals surface area contributed by atoms with Gasteiger partial charge in [-0.2, -0.15) is 0 Å². The first-order valence-corrected chi connectivity index (χ1v) is 6.93. The molecule has 16 heavy (non-hydrogen) atoms. The Bertz CT molecular complexity index is 342. The van der Waals surface area contributed by atoms with Gasteiger partial charge in [0.2, 0.25) is 0 Å². The van der Waals surface area contributed by atoms with Gasteiger partial charge in [-0.25, -0.2) is 0 Å². The Labute approximate surface area is 107 Å². The van der Waals surface area contributed by atoms with Gasteiger partial charge in [0.15, 0.2) is 0 Å². The lowest BCUT2D eigenvalue weighted by Crippen LogP contribution is -2.41. The second-order valence-electron chi connectivity index (χ2n) is 5.22. The summed E-state index contributed by atoms with van der Waals surface area (Å²) in [6, 6.07) is 9.47. The lowest BCUT2D eigenvalue weighted by atomic mass is 9.76. The van der Waals surface area contributed by atoms with Crippen molar-refractivity contribution >= 4 is 15.9 Å². The summed E-state index contributed by atoms with van der Waals surface area (Å²) in [4.78, 5) is 0. The minimum Gasteiger partial charge on any atom is -0.314 e. The lowest BCUT2D eigenvalue weighted by molar-refractivity contribution is 0.281. The molecule has 0 aliphatic heterocycles. The summed E-state index contributed by atoms with van der Waals surface area (Å²) in [5, 5.41) is 3.62. The summed E-state index contributed by atoms with van der Waals surface area (Å²) >= 11 is 3.53. The SMILES string of the molecule is CC(C)CNC1CC(c2cccc(Br)c2)C1. The highest BCUT2D eigenvalue weighted by Crippen LogP contribution is 2.37. The van der Waals surface area contributed by atoms with Crippen LogP contribution in [0.3, 0.4) is 0 Å². The predicted octanol–water partition coefficient (Wildman–Crippen LogP) is 3.94. The minimum absolute atomic E-state index is 0.742. The molecule has 0 spiro atoms. The third-order valence-corrected chi connectivity index (χ3v) is 3.77. The molecule has 0 aromatic heterocycles. The molecule has 0 heterocycles. The van der Waals surface area contributed by atoms with E-state index in [1.165, 1.54) is 22.9 Å². The molecule has 1 nitrogen and oxygen atoms in total. The summed E-state index contributed by atoms with van der Waals surface area (Å²) in [5.74, 6) is 1.52. The Hall–Kier alpha value is -0.340. The molecular formula is C14H20BrN. The molecule has 0 radical (unpaired) electrons. The molecule has 0 amide bonds. The van der Waals surface area contributed by atoms with Crippen molar-refractivity contribution in [2.45, 2.75) is 38.6 Å². The van der Waals surface area contributed by atoms with E-state index < -0.39 is 0 Å². The standard InChI is InChI=1S/C14H20BrN/c1-10(2)9-16-14-7-12(8-14)11-4-3-5-13(15)6-11/h3-6,10,12,14,16H,7-9H2,1-2H3. The number of hydrogen-bond acceptors (Lipinski definition) is 1. The zero-order chi connectivity index (χ0) is 11.5. The Morgan fingerprint density at radius 3 is 2.75 bits per heavy atom. The molecular weight excluding hydrogens is 262 g/mol. The van der Waals surface area contributed by atoms with Crippen LogP contribution in [0, 0.1) is 5.92 Å². The fourth-order valence-corrected chi connectivity index (χ4v) is 2.64. The van der Waals surface area contributed by atoms with Gasteiger partial charge in [0.25, 0.3) is 0 Å². The van der Waals surface area contributed by atoms with Crippen molar-refractivity contribution in [3.05, 3.63) is 34.3 Å². The summed E-state index contributed by atoms with van der Waals surface area (Å²) in [7, 11) is 0. The molecule has 1 saturated carbocycles. The van der Waals surface area contributed by atoms with Crippen LogP contribution in [0.4, 0.5) is 0 Å². The molecule has 1 aliphatic carbocycles. The quantitative estimate of drug-likeness (QED) is 0.882. The van der Waals surface area contributed by atoms with Crippen molar-refractivity contribution in [2.24, 2.45) is 5.92 Å². The van der Waals surface area contributed by atoms with Crippen LogP contribution in [0.5, 0.6) is 0 Å². The second kappa shape index (κ2) is 5.33. The molecule has 2 rings (SSSR count). The Morgan fingerprint density at radius 1 is 1.38 bits per heavy atom. The molecule has 1 N–H and O–H groups in total. The average Bonchev–Trinajstić information content (AvgIpc) is 2.14. The van der Waals surface area contributed by atoms with Crippen LogP contribution in [-0.4, -0.2) is 12.6 Å². The van der Waals surface area contributed by atoms with Gasteiger partial charge in [0, 0.05) is 10.5 Å². The fraction of sp³-hybridized carbons (Fsp3) is 0.571. The summed E-state index contributed by atoms with van der Waals surface area (Å²) in [6.45, 7) is 5.67. The van der Waals surface area contributed by atoms with E-state index in [4.69, 9.17) is 0 Å². The lowest BCUT2D eigenvalue weighted by Gasteiger charge is -2.37. The smallest absolute Gasteiger partial charge is 0.0178 e. The maximum absolute atomic E-state index is 3.62. The van der Waals surface area contributed by atoms with Gasteiger partial charge >= 0.3 is 0 Å². The maximum atomic E-state index is 3.62. The molecule has 2 heteroatoms. The molecule has 1 aliphatic rings. The molecule has 0 atom stereocenters. The Morgan fingerprint density at radius 2 is 2.12 bits per heavy atom. The van der Waals surface area contributed by atoms with E-state index in [1.54, 1.807) is 0 Å². The number of nitrogens with one attached hydrogen (secondary N) is 1. The van der Waals surface area contributed by atoms with E-state index in [9.17, 15) is 0 Å². The van der Waals surface area contributed by atoms with Gasteiger partial charge in [-0.1, -0.05) is 41.9 Å². The van der Waals surface area contributed by atoms with Crippen molar-refractivity contribution in [1.29, 1.82) is 0 Å².